The summed E-state index contributed by atoms with van der Waals surface area (Å²) in [4.78, 5) is 97.0. The van der Waals surface area contributed by atoms with Crippen LogP contribution in [0, 0.1) is 0 Å². The number of carbonyl (C=O) groups excluding carboxylic acids is 4. The number of aliphatic imine (C=N–C) groups is 1. The van der Waals surface area contributed by atoms with Crippen LogP contribution in [0.15, 0.2) is 23.2 Å². The summed E-state index contributed by atoms with van der Waals surface area (Å²) >= 11 is 0. The number of carbonyl (C=O) groups is 8. The van der Waals surface area contributed by atoms with Crippen LogP contribution in [-0.2, 0) is 28.8 Å². The number of hydrogen-bond acceptors (Lipinski definition) is 9. The first kappa shape index (κ1) is 40.7. The average molecular weight is 678 g/mol. The molecule has 0 unspecified atom stereocenters. The Morgan fingerprint density at radius 3 is 1.31 bits per heavy atom. The van der Waals surface area contributed by atoms with Crippen LogP contribution >= 0.6 is 0 Å². The maximum absolute atomic E-state index is 12.7. The molecule has 1 aromatic rings. The largest absolute Gasteiger partial charge is 0.481 e. The van der Waals surface area contributed by atoms with E-state index in [1.807, 2.05) is 0 Å². The molecule has 0 aromatic heterocycles. The van der Waals surface area contributed by atoms with Gasteiger partial charge in [-0.05, 0) is 63.4 Å². The van der Waals surface area contributed by atoms with E-state index in [9.17, 15) is 38.4 Å². The highest BCUT2D eigenvalue weighted by molar-refractivity contribution is 6.01. The molecule has 0 aliphatic rings. The number of rotatable bonds is 25. The van der Waals surface area contributed by atoms with Crippen molar-refractivity contribution >= 4 is 59.9 Å². The molecule has 17 nitrogen and oxygen atoms in total. The lowest BCUT2D eigenvalue weighted by Gasteiger charge is -2.13. The summed E-state index contributed by atoms with van der Waals surface area (Å²) in [6.45, 7) is 3.98. The van der Waals surface area contributed by atoms with Crippen LogP contribution in [0.2, 0.25) is 0 Å². The molecule has 264 valence electrons. The molecule has 0 aliphatic carbocycles. The first-order chi connectivity index (χ1) is 22.7. The quantitative estimate of drug-likeness (QED) is 0.0540. The van der Waals surface area contributed by atoms with Crippen molar-refractivity contribution in [3.8, 4) is 0 Å². The van der Waals surface area contributed by atoms with Crippen LogP contribution in [0.25, 0.3) is 0 Å². The smallest absolute Gasteiger partial charge is 0.326 e. The second kappa shape index (κ2) is 22.2. The molecule has 8 N–H and O–H groups in total. The number of hydrogen-bond donors (Lipinski definition) is 8. The van der Waals surface area contributed by atoms with E-state index in [0.29, 0.717) is 44.2 Å². The molecule has 17 heteroatoms. The molecular formula is C31H43N5O12. The number of benzene rings is 1. The zero-order valence-corrected chi connectivity index (χ0v) is 26.5. The fourth-order valence-corrected chi connectivity index (χ4v) is 4.33. The highest BCUT2D eigenvalue weighted by Gasteiger charge is 2.22. The van der Waals surface area contributed by atoms with E-state index in [1.165, 1.54) is 18.2 Å². The SMILES string of the molecule is C=Nc1cc(C(=O)NCCCCCC(=O)N[C@@H](CCC(=O)O)C(=O)O)cc(C(=O)NCCCCCC(=O)N[C@@H](CCC(=O)O)C(=O)O)c1. The van der Waals surface area contributed by atoms with E-state index in [4.69, 9.17) is 20.4 Å². The molecule has 2 atom stereocenters. The van der Waals surface area contributed by atoms with Gasteiger partial charge in [0.15, 0.2) is 0 Å². The highest BCUT2D eigenvalue weighted by Crippen LogP contribution is 2.18. The fraction of sp³-hybridized carbons (Fsp3) is 0.516. The lowest BCUT2D eigenvalue weighted by molar-refractivity contribution is -0.144. The molecule has 0 radical (unpaired) electrons. The number of aliphatic carboxylic acids is 4. The van der Waals surface area contributed by atoms with Gasteiger partial charge < -0.3 is 41.7 Å². The maximum Gasteiger partial charge on any atom is 0.326 e. The van der Waals surface area contributed by atoms with Gasteiger partial charge in [-0.2, -0.15) is 0 Å². The maximum atomic E-state index is 12.7. The first-order valence-electron chi connectivity index (χ1n) is 15.4. The van der Waals surface area contributed by atoms with Crippen molar-refractivity contribution < 1.29 is 58.8 Å². The molecule has 1 aromatic carbocycles. The average Bonchev–Trinajstić information content (AvgIpc) is 3.03. The first-order valence-corrected chi connectivity index (χ1v) is 15.4. The van der Waals surface area contributed by atoms with Gasteiger partial charge in [0, 0.05) is 49.9 Å². The predicted molar refractivity (Wildman–Crippen MR) is 170 cm³/mol. The Morgan fingerprint density at radius 1 is 0.583 bits per heavy atom. The fourth-order valence-electron chi connectivity index (χ4n) is 4.33. The second-order valence-corrected chi connectivity index (χ2v) is 10.8. The zero-order valence-electron chi connectivity index (χ0n) is 26.5. The number of nitrogens with zero attached hydrogens (tertiary/aromatic N) is 1. The van der Waals surface area contributed by atoms with Crippen molar-refractivity contribution in [2.24, 2.45) is 4.99 Å². The third kappa shape index (κ3) is 17.4. The van der Waals surface area contributed by atoms with Gasteiger partial charge in [-0.25, -0.2) is 9.59 Å². The van der Waals surface area contributed by atoms with Gasteiger partial charge in [0.25, 0.3) is 11.8 Å². The van der Waals surface area contributed by atoms with Crippen molar-refractivity contribution in [2.75, 3.05) is 13.1 Å². The van der Waals surface area contributed by atoms with Crippen molar-refractivity contribution in [3.63, 3.8) is 0 Å². The molecule has 0 heterocycles. The Labute approximate surface area is 276 Å². The summed E-state index contributed by atoms with van der Waals surface area (Å²) in [5.74, 6) is -6.89. The van der Waals surface area contributed by atoms with E-state index in [1.54, 1.807) is 0 Å². The molecule has 0 saturated carbocycles. The van der Waals surface area contributed by atoms with Crippen LogP contribution in [0.1, 0.15) is 97.8 Å². The summed E-state index contributed by atoms with van der Waals surface area (Å²) in [7, 11) is 0. The number of carboxylic acids is 4. The van der Waals surface area contributed by atoms with Crippen molar-refractivity contribution in [1.82, 2.24) is 21.3 Å². The number of unbranched alkanes of at least 4 members (excludes halogenated alkanes) is 4. The Morgan fingerprint density at radius 2 is 0.979 bits per heavy atom. The normalized spacial score (nSPS) is 11.8. The van der Waals surface area contributed by atoms with Gasteiger partial charge >= 0.3 is 23.9 Å². The topological polar surface area (TPSA) is 278 Å². The van der Waals surface area contributed by atoms with Crippen molar-refractivity contribution in [1.29, 1.82) is 0 Å². The standard InChI is InChI=1S/C31H43N5O12/c1-32-21-17-19(28(43)33-14-6-2-4-8-24(37)35-22(30(45)46)10-12-26(39)40)16-20(18-21)29(44)34-15-7-3-5-9-25(38)36-23(31(47)48)11-13-27(41)42/h16-18,22-23H,1-15H2,(H,33,43)(H,34,44)(H,35,37)(H,36,38)(H,39,40)(H,41,42)(H,45,46)(H,47,48)/t22-,23-/m0/s1. The molecule has 0 bridgehead atoms. The van der Waals surface area contributed by atoms with Gasteiger partial charge in [-0.15, -0.1) is 0 Å². The van der Waals surface area contributed by atoms with E-state index in [-0.39, 0.29) is 62.7 Å². The summed E-state index contributed by atoms with van der Waals surface area (Å²) in [6, 6.07) is 1.77. The number of nitrogens with one attached hydrogen (secondary N) is 4. The summed E-state index contributed by atoms with van der Waals surface area (Å²) in [5, 5.41) is 45.7. The van der Waals surface area contributed by atoms with E-state index in [2.05, 4.69) is 33.0 Å². The Bertz CT molecular complexity index is 1240. The predicted octanol–water partition coefficient (Wildman–Crippen LogP) is 1.47. The Hall–Kier alpha value is -5.35. The van der Waals surface area contributed by atoms with Crippen LogP contribution in [0.5, 0.6) is 0 Å². The summed E-state index contributed by atoms with van der Waals surface area (Å²) in [6.07, 6.45) is 1.79. The molecule has 0 spiro atoms. The van der Waals surface area contributed by atoms with Crippen molar-refractivity contribution in [2.45, 2.75) is 89.1 Å². The van der Waals surface area contributed by atoms with Gasteiger partial charge in [-0.3, -0.25) is 33.8 Å². The van der Waals surface area contributed by atoms with Gasteiger partial charge in [0.1, 0.15) is 12.1 Å². The highest BCUT2D eigenvalue weighted by atomic mass is 16.4. The second-order valence-electron chi connectivity index (χ2n) is 10.8. The van der Waals surface area contributed by atoms with Crippen LogP contribution in [-0.4, -0.2) is 99.8 Å². The van der Waals surface area contributed by atoms with E-state index in [0.717, 1.165) is 0 Å². The van der Waals surface area contributed by atoms with Crippen LogP contribution < -0.4 is 21.3 Å². The number of carboxylic acid groups (broad SMARTS) is 4. The van der Waals surface area contributed by atoms with Gasteiger partial charge in [-0.1, -0.05) is 12.8 Å². The zero-order chi connectivity index (χ0) is 36.1. The molecule has 0 saturated heterocycles. The monoisotopic (exact) mass is 677 g/mol. The Balaban J connectivity index is 2.43. The summed E-state index contributed by atoms with van der Waals surface area (Å²) in [5.41, 5.74) is 0.662. The molecule has 1 rings (SSSR count). The van der Waals surface area contributed by atoms with Gasteiger partial charge in [0.05, 0.1) is 5.69 Å². The minimum atomic E-state index is -1.31. The van der Waals surface area contributed by atoms with Crippen LogP contribution in [0.3, 0.4) is 0 Å². The third-order valence-electron chi connectivity index (χ3n) is 6.92. The lowest BCUT2D eigenvalue weighted by atomic mass is 10.1. The van der Waals surface area contributed by atoms with Gasteiger partial charge in [0.2, 0.25) is 11.8 Å². The van der Waals surface area contributed by atoms with E-state index >= 15 is 0 Å². The van der Waals surface area contributed by atoms with Crippen molar-refractivity contribution in [3.05, 3.63) is 29.3 Å². The Kier molecular flexibility index (Phi) is 18.8. The minimum absolute atomic E-state index is 0.0368. The number of amides is 4. The van der Waals surface area contributed by atoms with Crippen LogP contribution in [0.4, 0.5) is 5.69 Å². The summed E-state index contributed by atoms with van der Waals surface area (Å²) < 4.78 is 0. The minimum Gasteiger partial charge on any atom is -0.481 e. The molecular weight excluding hydrogens is 634 g/mol. The lowest BCUT2D eigenvalue weighted by Crippen LogP contribution is -2.41. The molecule has 48 heavy (non-hydrogen) atoms. The van der Waals surface area contributed by atoms with E-state index < -0.39 is 59.6 Å². The molecule has 4 amide bonds. The third-order valence-corrected chi connectivity index (χ3v) is 6.92. The molecule has 0 aliphatic heterocycles. The molecule has 0 fully saturated rings.